The summed E-state index contributed by atoms with van der Waals surface area (Å²) in [7, 11) is 1.62. The van der Waals surface area contributed by atoms with Crippen LogP contribution >= 0.6 is 0 Å². The first-order valence-corrected chi connectivity index (χ1v) is 11.9. The van der Waals surface area contributed by atoms with Gasteiger partial charge in [-0.25, -0.2) is 14.8 Å². The lowest BCUT2D eigenvalue weighted by molar-refractivity contribution is 0.0521. The molecule has 34 heavy (non-hydrogen) atoms. The Hall–Kier alpha value is -3.33. The van der Waals surface area contributed by atoms with E-state index in [1.807, 2.05) is 12.1 Å². The van der Waals surface area contributed by atoms with Crippen molar-refractivity contribution in [3.05, 3.63) is 36.4 Å². The van der Waals surface area contributed by atoms with Gasteiger partial charge in [-0.2, -0.15) is 0 Å². The number of nitrogens with zero attached hydrogens (tertiary/aromatic N) is 3. The van der Waals surface area contributed by atoms with Gasteiger partial charge in [-0.05, 0) is 57.3 Å². The van der Waals surface area contributed by atoms with Crippen molar-refractivity contribution in [3.63, 3.8) is 0 Å². The van der Waals surface area contributed by atoms with E-state index in [4.69, 9.17) is 14.2 Å². The van der Waals surface area contributed by atoms with Crippen LogP contribution in [0.2, 0.25) is 0 Å². The van der Waals surface area contributed by atoms with Crippen LogP contribution in [0, 0.1) is 5.92 Å². The lowest BCUT2D eigenvalue weighted by atomic mass is 9.99. The number of methoxy groups -OCH3 is 1. The van der Waals surface area contributed by atoms with Gasteiger partial charge >= 0.3 is 5.97 Å². The summed E-state index contributed by atoms with van der Waals surface area (Å²) >= 11 is 0. The largest absolute Gasteiger partial charge is 0.493 e. The number of esters is 1. The normalized spacial score (nSPS) is 14.8. The lowest BCUT2D eigenvalue weighted by Gasteiger charge is -2.30. The highest BCUT2D eigenvalue weighted by Gasteiger charge is 2.18. The molecule has 3 heterocycles. The van der Waals surface area contributed by atoms with Gasteiger partial charge in [-0.3, -0.25) is 0 Å². The van der Waals surface area contributed by atoms with Crippen molar-refractivity contribution in [1.82, 2.24) is 19.9 Å². The maximum Gasteiger partial charge on any atom is 0.356 e. The summed E-state index contributed by atoms with van der Waals surface area (Å²) in [5, 5.41) is 3.97. The van der Waals surface area contributed by atoms with Crippen LogP contribution in [0.4, 0.5) is 11.5 Å². The zero-order chi connectivity index (χ0) is 23.9. The van der Waals surface area contributed by atoms with E-state index in [-0.39, 0.29) is 0 Å². The Kier molecular flexibility index (Phi) is 7.84. The number of rotatable bonds is 10. The SMILES string of the molecule is CCOC(=O)c1[nH]ccc1Nc1ncnc2cc(OCCCN3CCC(C)CC3)c(OC)cc12. The molecule has 2 N–H and O–H groups in total. The molecule has 1 aromatic carbocycles. The predicted molar refractivity (Wildman–Crippen MR) is 131 cm³/mol. The van der Waals surface area contributed by atoms with Gasteiger partial charge in [-0.15, -0.1) is 0 Å². The number of fused-ring (bicyclic) bond motifs is 1. The Labute approximate surface area is 199 Å². The van der Waals surface area contributed by atoms with E-state index in [1.54, 1.807) is 26.3 Å². The number of H-pyrrole nitrogens is 1. The third-order valence-electron chi connectivity index (χ3n) is 6.15. The monoisotopic (exact) mass is 467 g/mol. The van der Waals surface area contributed by atoms with Gasteiger partial charge in [0.15, 0.2) is 11.5 Å². The Morgan fingerprint density at radius 2 is 2.06 bits per heavy atom. The van der Waals surface area contributed by atoms with Gasteiger partial charge < -0.3 is 29.4 Å². The summed E-state index contributed by atoms with van der Waals surface area (Å²) in [5.74, 6) is 2.22. The summed E-state index contributed by atoms with van der Waals surface area (Å²) in [4.78, 5) is 26.4. The van der Waals surface area contributed by atoms with E-state index in [2.05, 4.69) is 32.1 Å². The quantitative estimate of drug-likeness (QED) is 0.334. The first-order chi connectivity index (χ1) is 16.6. The number of benzene rings is 1. The topological polar surface area (TPSA) is 102 Å². The molecular formula is C25H33N5O4. The number of carbonyl (C=O) groups excluding carboxylic acids is 1. The molecule has 1 saturated heterocycles. The smallest absolute Gasteiger partial charge is 0.356 e. The zero-order valence-corrected chi connectivity index (χ0v) is 20.1. The van der Waals surface area contributed by atoms with Crippen LogP contribution < -0.4 is 14.8 Å². The number of aromatic nitrogens is 3. The molecule has 4 rings (SSSR count). The highest BCUT2D eigenvalue weighted by molar-refractivity contribution is 5.98. The van der Waals surface area contributed by atoms with E-state index in [0.29, 0.717) is 47.4 Å². The standard InChI is InChI=1S/C25H33N5O4/c1-4-33-25(31)23-19(6-9-26-23)29-24-18-14-21(32-3)22(15-20(18)27-16-28-24)34-13-5-10-30-11-7-17(2)8-12-30/h6,9,14-17,26H,4-5,7-8,10-13H2,1-3H3,(H,27,28,29). The van der Waals surface area contributed by atoms with E-state index in [0.717, 1.165) is 24.3 Å². The fourth-order valence-corrected chi connectivity index (χ4v) is 4.17. The molecule has 9 nitrogen and oxygen atoms in total. The molecule has 1 aliphatic heterocycles. The van der Waals surface area contributed by atoms with Crippen LogP contribution in [0.15, 0.2) is 30.7 Å². The Morgan fingerprint density at radius 3 is 2.82 bits per heavy atom. The second-order valence-electron chi connectivity index (χ2n) is 8.58. The maximum absolute atomic E-state index is 12.2. The molecule has 182 valence electrons. The van der Waals surface area contributed by atoms with Crippen LogP contribution in [0.3, 0.4) is 0 Å². The Morgan fingerprint density at radius 1 is 1.24 bits per heavy atom. The molecule has 9 heteroatoms. The molecule has 0 aliphatic carbocycles. The second-order valence-corrected chi connectivity index (χ2v) is 8.58. The number of piperidine rings is 1. The fraction of sp³-hybridized carbons (Fsp3) is 0.480. The van der Waals surface area contributed by atoms with Crippen LogP contribution in [-0.2, 0) is 4.74 Å². The molecule has 0 bridgehead atoms. The summed E-state index contributed by atoms with van der Waals surface area (Å²) in [6.07, 6.45) is 6.67. The summed E-state index contributed by atoms with van der Waals surface area (Å²) in [5.41, 5.74) is 1.63. The maximum atomic E-state index is 12.2. The first-order valence-electron chi connectivity index (χ1n) is 11.9. The van der Waals surface area contributed by atoms with Crippen LogP contribution in [-0.4, -0.2) is 65.8 Å². The fourth-order valence-electron chi connectivity index (χ4n) is 4.17. The molecular weight excluding hydrogens is 434 g/mol. The highest BCUT2D eigenvalue weighted by Crippen LogP contribution is 2.35. The molecule has 0 unspecified atom stereocenters. The lowest BCUT2D eigenvalue weighted by Crippen LogP contribution is -2.34. The number of carbonyl (C=O) groups is 1. The molecule has 2 aromatic heterocycles. The highest BCUT2D eigenvalue weighted by atomic mass is 16.5. The van der Waals surface area contributed by atoms with Crippen molar-refractivity contribution in [2.45, 2.75) is 33.1 Å². The summed E-state index contributed by atoms with van der Waals surface area (Å²) in [6, 6.07) is 5.49. The van der Waals surface area contributed by atoms with Gasteiger partial charge in [0.1, 0.15) is 17.8 Å². The van der Waals surface area contributed by atoms with Crippen molar-refractivity contribution in [2.75, 3.05) is 45.3 Å². The minimum Gasteiger partial charge on any atom is -0.493 e. The van der Waals surface area contributed by atoms with Crippen molar-refractivity contribution >= 4 is 28.4 Å². The van der Waals surface area contributed by atoms with Crippen LogP contribution in [0.1, 0.15) is 43.6 Å². The minimum absolute atomic E-state index is 0.297. The number of aromatic amines is 1. The molecule has 0 amide bonds. The average molecular weight is 468 g/mol. The predicted octanol–water partition coefficient (Wildman–Crippen LogP) is 4.39. The molecule has 1 fully saturated rings. The number of nitrogens with one attached hydrogen (secondary N) is 2. The zero-order valence-electron chi connectivity index (χ0n) is 20.1. The van der Waals surface area contributed by atoms with Gasteiger partial charge in [-0.1, -0.05) is 6.92 Å². The van der Waals surface area contributed by atoms with Crippen molar-refractivity contribution in [2.24, 2.45) is 5.92 Å². The van der Waals surface area contributed by atoms with E-state index < -0.39 is 5.97 Å². The van der Waals surface area contributed by atoms with Crippen molar-refractivity contribution in [3.8, 4) is 11.5 Å². The van der Waals surface area contributed by atoms with Gasteiger partial charge in [0.2, 0.25) is 0 Å². The second kappa shape index (κ2) is 11.2. The number of anilines is 2. The number of hydrogen-bond acceptors (Lipinski definition) is 8. The van der Waals surface area contributed by atoms with Crippen molar-refractivity contribution in [1.29, 1.82) is 0 Å². The van der Waals surface area contributed by atoms with Gasteiger partial charge in [0, 0.05) is 24.2 Å². The van der Waals surface area contributed by atoms with Crippen LogP contribution in [0.5, 0.6) is 11.5 Å². The van der Waals surface area contributed by atoms with E-state index >= 15 is 0 Å². The molecule has 1 aliphatic rings. The molecule has 0 spiro atoms. The average Bonchev–Trinajstić information content (AvgIpc) is 3.31. The first kappa shape index (κ1) is 23.8. The minimum atomic E-state index is -0.430. The number of ether oxygens (including phenoxy) is 3. The third-order valence-corrected chi connectivity index (χ3v) is 6.15. The van der Waals surface area contributed by atoms with Gasteiger partial charge in [0.25, 0.3) is 0 Å². The number of hydrogen-bond donors (Lipinski definition) is 2. The van der Waals surface area contributed by atoms with Crippen molar-refractivity contribution < 1.29 is 19.0 Å². The Bertz CT molecular complexity index is 1110. The van der Waals surface area contributed by atoms with Crippen LogP contribution in [0.25, 0.3) is 10.9 Å². The molecule has 0 radical (unpaired) electrons. The third kappa shape index (κ3) is 5.59. The summed E-state index contributed by atoms with van der Waals surface area (Å²) < 4.78 is 16.8. The molecule has 3 aromatic rings. The van der Waals surface area contributed by atoms with E-state index in [9.17, 15) is 4.79 Å². The number of likely N-dealkylation sites (tertiary alicyclic amines) is 1. The molecule has 0 atom stereocenters. The molecule has 0 saturated carbocycles. The van der Waals surface area contributed by atoms with E-state index in [1.165, 1.54) is 32.3 Å². The van der Waals surface area contributed by atoms with Gasteiger partial charge in [0.05, 0.1) is 31.5 Å². The Balaban J connectivity index is 1.46. The summed E-state index contributed by atoms with van der Waals surface area (Å²) in [6.45, 7) is 8.39.